The average molecular weight is 214 g/mol. The second-order valence-electron chi connectivity index (χ2n) is 3.66. The summed E-state index contributed by atoms with van der Waals surface area (Å²) in [6.07, 6.45) is 4.10. The Kier molecular flexibility index (Phi) is 2.74. The van der Waals surface area contributed by atoms with Crippen LogP contribution < -0.4 is 0 Å². The summed E-state index contributed by atoms with van der Waals surface area (Å²) >= 11 is 1.85. The Morgan fingerprint density at radius 3 is 2.80 bits per heavy atom. The molecule has 0 aliphatic heterocycles. The highest BCUT2D eigenvalue weighted by atomic mass is 32.1. The molecule has 0 fully saturated rings. The van der Waals surface area contributed by atoms with Crippen LogP contribution >= 0.6 is 11.3 Å². The van der Waals surface area contributed by atoms with Gasteiger partial charge in [-0.25, -0.2) is 0 Å². The lowest BCUT2D eigenvalue weighted by molar-refractivity contribution is 1.54. The molecule has 2 rings (SSSR count). The fourth-order valence-electron chi connectivity index (χ4n) is 1.65. The normalized spacial score (nSPS) is 12.0. The van der Waals surface area contributed by atoms with E-state index in [1.54, 1.807) is 0 Å². The van der Waals surface area contributed by atoms with Gasteiger partial charge in [0.2, 0.25) is 0 Å². The molecule has 0 aliphatic carbocycles. The van der Waals surface area contributed by atoms with E-state index in [-0.39, 0.29) is 0 Å². The maximum atomic E-state index is 3.79. The number of rotatable bonds is 2. The summed E-state index contributed by atoms with van der Waals surface area (Å²) in [4.78, 5) is 1.37. The Balaban J connectivity index is 2.69. The monoisotopic (exact) mass is 214 g/mol. The Hall–Kier alpha value is -1.34. The first-order valence-electron chi connectivity index (χ1n) is 5.01. The molecule has 0 saturated carbocycles. The van der Waals surface area contributed by atoms with E-state index in [0.717, 1.165) is 0 Å². The number of fused-ring (bicyclic) bond motifs is 1. The van der Waals surface area contributed by atoms with Crippen LogP contribution in [-0.2, 0) is 0 Å². The summed E-state index contributed by atoms with van der Waals surface area (Å²) in [6, 6.07) is 8.54. The van der Waals surface area contributed by atoms with Gasteiger partial charge >= 0.3 is 0 Å². The lowest BCUT2D eigenvalue weighted by Gasteiger charge is -1.95. The van der Waals surface area contributed by atoms with Crippen molar-refractivity contribution < 1.29 is 0 Å². The number of aryl methyl sites for hydroxylation is 1. The van der Waals surface area contributed by atoms with Gasteiger partial charge in [0.1, 0.15) is 0 Å². The minimum absolute atomic E-state index is 1.21. The molecule has 0 nitrogen and oxygen atoms in total. The topological polar surface area (TPSA) is 0 Å². The van der Waals surface area contributed by atoms with E-state index in [9.17, 15) is 0 Å². The first-order valence-corrected chi connectivity index (χ1v) is 5.83. The molecular weight excluding hydrogens is 200 g/mol. The van der Waals surface area contributed by atoms with E-state index < -0.39 is 0 Å². The fraction of sp³-hybridized carbons (Fsp3) is 0.143. The van der Waals surface area contributed by atoms with Crippen molar-refractivity contribution in [3.8, 4) is 0 Å². The van der Waals surface area contributed by atoms with E-state index in [0.29, 0.717) is 0 Å². The molecule has 0 spiro atoms. The van der Waals surface area contributed by atoms with Crippen molar-refractivity contribution in [3.05, 3.63) is 52.9 Å². The number of allylic oxidation sites excluding steroid dienone is 2. The maximum absolute atomic E-state index is 3.79. The molecule has 0 bridgehead atoms. The van der Waals surface area contributed by atoms with Crippen LogP contribution in [0.5, 0.6) is 0 Å². The second kappa shape index (κ2) is 4.03. The Bertz CT molecular complexity index is 529. The standard InChI is InChI=1S/C14H14S/c1-4-10(2)9-13-11(3)15-14-8-6-5-7-12(13)14/h4-9H,1H2,2-3H3/b10-9-. The molecule has 2 aromatic rings. The van der Waals surface area contributed by atoms with Crippen molar-refractivity contribution >= 4 is 27.5 Å². The van der Waals surface area contributed by atoms with Crippen molar-refractivity contribution in [1.29, 1.82) is 0 Å². The van der Waals surface area contributed by atoms with Crippen LogP contribution in [0.1, 0.15) is 17.4 Å². The van der Waals surface area contributed by atoms with Crippen molar-refractivity contribution in [1.82, 2.24) is 0 Å². The Labute approximate surface area is 94.6 Å². The summed E-state index contributed by atoms with van der Waals surface area (Å²) in [6.45, 7) is 8.04. The van der Waals surface area contributed by atoms with Crippen LogP contribution in [0, 0.1) is 6.92 Å². The van der Waals surface area contributed by atoms with Gasteiger partial charge in [0, 0.05) is 9.58 Å². The molecular formula is C14H14S. The number of hydrogen-bond acceptors (Lipinski definition) is 1. The Morgan fingerprint density at radius 1 is 1.33 bits per heavy atom. The largest absolute Gasteiger partial charge is 0.140 e. The van der Waals surface area contributed by atoms with Crippen LogP contribution in [-0.4, -0.2) is 0 Å². The highest BCUT2D eigenvalue weighted by Crippen LogP contribution is 2.32. The number of benzene rings is 1. The third kappa shape index (κ3) is 1.88. The van der Waals surface area contributed by atoms with E-state index in [4.69, 9.17) is 0 Å². The second-order valence-corrected chi connectivity index (χ2v) is 4.92. The minimum atomic E-state index is 1.21. The summed E-state index contributed by atoms with van der Waals surface area (Å²) in [7, 11) is 0. The van der Waals surface area contributed by atoms with Gasteiger partial charge in [0.25, 0.3) is 0 Å². The number of hydrogen-bond donors (Lipinski definition) is 0. The fourth-order valence-corrected chi connectivity index (χ4v) is 2.70. The molecule has 1 heterocycles. The lowest BCUT2D eigenvalue weighted by atomic mass is 10.1. The zero-order valence-corrected chi connectivity index (χ0v) is 9.90. The van der Waals surface area contributed by atoms with Crippen molar-refractivity contribution in [3.63, 3.8) is 0 Å². The predicted molar refractivity (Wildman–Crippen MR) is 70.4 cm³/mol. The average Bonchev–Trinajstić information content (AvgIpc) is 2.55. The van der Waals surface area contributed by atoms with Crippen molar-refractivity contribution in [2.75, 3.05) is 0 Å². The molecule has 15 heavy (non-hydrogen) atoms. The molecule has 0 saturated heterocycles. The van der Waals surface area contributed by atoms with Crippen LogP contribution in [0.15, 0.2) is 42.5 Å². The van der Waals surface area contributed by atoms with Gasteiger partial charge in [-0.3, -0.25) is 0 Å². The minimum Gasteiger partial charge on any atom is -0.140 e. The van der Waals surface area contributed by atoms with Gasteiger partial charge in [-0.1, -0.05) is 42.5 Å². The summed E-state index contributed by atoms with van der Waals surface area (Å²) < 4.78 is 1.36. The van der Waals surface area contributed by atoms with Crippen LogP contribution in [0.25, 0.3) is 16.2 Å². The van der Waals surface area contributed by atoms with Crippen molar-refractivity contribution in [2.24, 2.45) is 0 Å². The van der Waals surface area contributed by atoms with E-state index in [1.807, 2.05) is 17.4 Å². The quantitative estimate of drug-likeness (QED) is 0.630. The molecule has 1 aromatic carbocycles. The molecule has 0 unspecified atom stereocenters. The highest BCUT2D eigenvalue weighted by molar-refractivity contribution is 7.19. The first-order chi connectivity index (χ1) is 7.22. The lowest BCUT2D eigenvalue weighted by Crippen LogP contribution is -1.74. The van der Waals surface area contributed by atoms with E-state index in [2.05, 4.69) is 50.8 Å². The van der Waals surface area contributed by atoms with Gasteiger partial charge in [0.15, 0.2) is 0 Å². The molecule has 0 atom stereocenters. The molecule has 0 radical (unpaired) electrons. The highest BCUT2D eigenvalue weighted by Gasteiger charge is 2.05. The smallest absolute Gasteiger partial charge is 0.0351 e. The zero-order chi connectivity index (χ0) is 10.8. The SMILES string of the molecule is C=C/C(C)=C\c1c(C)sc2ccccc12. The van der Waals surface area contributed by atoms with Gasteiger partial charge in [-0.15, -0.1) is 11.3 Å². The van der Waals surface area contributed by atoms with E-state index in [1.165, 1.54) is 26.1 Å². The van der Waals surface area contributed by atoms with Gasteiger partial charge in [0.05, 0.1) is 0 Å². The van der Waals surface area contributed by atoms with Crippen LogP contribution in [0.2, 0.25) is 0 Å². The molecule has 1 aromatic heterocycles. The molecule has 0 aliphatic rings. The van der Waals surface area contributed by atoms with Gasteiger partial charge < -0.3 is 0 Å². The molecule has 0 N–H and O–H groups in total. The van der Waals surface area contributed by atoms with Crippen molar-refractivity contribution in [2.45, 2.75) is 13.8 Å². The molecule has 1 heteroatoms. The summed E-state index contributed by atoms with van der Waals surface area (Å²) in [5.74, 6) is 0. The van der Waals surface area contributed by atoms with E-state index >= 15 is 0 Å². The molecule has 76 valence electrons. The zero-order valence-electron chi connectivity index (χ0n) is 9.08. The third-order valence-electron chi connectivity index (χ3n) is 2.51. The molecule has 0 amide bonds. The van der Waals surface area contributed by atoms with Gasteiger partial charge in [-0.05, 0) is 30.9 Å². The maximum Gasteiger partial charge on any atom is 0.0351 e. The van der Waals surface area contributed by atoms with Crippen LogP contribution in [0.4, 0.5) is 0 Å². The van der Waals surface area contributed by atoms with Gasteiger partial charge in [-0.2, -0.15) is 0 Å². The first kappa shape index (κ1) is 10.2. The predicted octanol–water partition coefficient (Wildman–Crippen LogP) is 4.80. The third-order valence-corrected chi connectivity index (χ3v) is 3.62. The van der Waals surface area contributed by atoms with Crippen LogP contribution in [0.3, 0.4) is 0 Å². The number of thiophene rings is 1. The summed E-state index contributed by atoms with van der Waals surface area (Å²) in [5, 5.41) is 1.35. The Morgan fingerprint density at radius 2 is 2.07 bits per heavy atom. The summed E-state index contributed by atoms with van der Waals surface area (Å²) in [5.41, 5.74) is 2.55.